The Hall–Kier alpha value is -6.02. The summed E-state index contributed by atoms with van der Waals surface area (Å²) in [5.74, 6) is 0.956. The Kier molecular flexibility index (Phi) is 8.44. The molecule has 51 heavy (non-hydrogen) atoms. The van der Waals surface area contributed by atoms with Crippen molar-refractivity contribution in [2.45, 2.75) is 58.5 Å². The molecule has 1 N–H and O–H groups in total. The van der Waals surface area contributed by atoms with Gasteiger partial charge in [0.1, 0.15) is 18.1 Å². The van der Waals surface area contributed by atoms with Crippen LogP contribution >= 0.6 is 0 Å². The van der Waals surface area contributed by atoms with E-state index in [-0.39, 0.29) is 29.6 Å². The first-order valence-corrected chi connectivity index (χ1v) is 17.3. The number of carbonyl (C=O) groups is 2. The summed E-state index contributed by atoms with van der Waals surface area (Å²) < 4.78 is 6.04. The summed E-state index contributed by atoms with van der Waals surface area (Å²) in [5, 5.41) is 9.86. The Bertz CT molecular complexity index is 2230. The van der Waals surface area contributed by atoms with E-state index in [1.54, 1.807) is 19.1 Å². The van der Waals surface area contributed by atoms with Gasteiger partial charge in [0.05, 0.1) is 34.6 Å². The molecule has 0 bridgehead atoms. The number of aryl methyl sites for hydroxylation is 2. The Balaban J connectivity index is 0.000000152. The average molecular weight is 675 g/mol. The molecule has 0 saturated carbocycles. The molecule has 4 aliphatic rings. The number of nitrogens with zero attached hydrogens (tertiary/aromatic N) is 4. The molecule has 0 radical (unpaired) electrons. The van der Waals surface area contributed by atoms with E-state index in [1.165, 1.54) is 22.3 Å². The number of carbonyl (C=O) groups excluding carboxylic acids is 2. The van der Waals surface area contributed by atoms with E-state index in [4.69, 9.17) is 4.74 Å². The smallest absolute Gasteiger partial charge is 0.256 e. The van der Waals surface area contributed by atoms with Crippen LogP contribution in [0.2, 0.25) is 0 Å². The number of benzene rings is 5. The molecule has 8 nitrogen and oxygen atoms in total. The summed E-state index contributed by atoms with van der Waals surface area (Å²) >= 11 is 0. The van der Waals surface area contributed by atoms with Crippen molar-refractivity contribution in [1.82, 2.24) is 9.80 Å². The minimum absolute atomic E-state index is 0.0150. The fraction of sp³-hybridized carbons (Fsp3) is 0.209. The lowest BCUT2D eigenvalue weighted by Gasteiger charge is -2.34. The second-order valence-electron chi connectivity index (χ2n) is 13.6. The third-order valence-electron chi connectivity index (χ3n) is 10.2. The zero-order valence-corrected chi connectivity index (χ0v) is 28.6. The Morgan fingerprint density at radius 3 is 1.71 bits per heavy atom. The first kappa shape index (κ1) is 32.2. The van der Waals surface area contributed by atoms with Crippen LogP contribution in [-0.2, 0) is 32.5 Å². The van der Waals surface area contributed by atoms with Crippen LogP contribution in [-0.4, -0.2) is 51.2 Å². The van der Waals surface area contributed by atoms with Crippen LogP contribution < -0.4 is 4.74 Å². The predicted octanol–water partition coefficient (Wildman–Crippen LogP) is 7.84. The number of rotatable bonds is 3. The maximum atomic E-state index is 13.3. The monoisotopic (exact) mass is 674 g/mol. The minimum Gasteiger partial charge on any atom is -0.508 e. The molecule has 0 aromatic heterocycles. The highest BCUT2D eigenvalue weighted by Crippen LogP contribution is 2.36. The number of hydrogen-bond acceptors (Lipinski definition) is 6. The predicted molar refractivity (Wildman–Crippen MR) is 199 cm³/mol. The topological polar surface area (TPSA) is 94.8 Å². The average Bonchev–Trinajstić information content (AvgIpc) is 3.36. The Morgan fingerprint density at radius 1 is 0.647 bits per heavy atom. The zero-order chi connectivity index (χ0) is 35.1. The van der Waals surface area contributed by atoms with Gasteiger partial charge in [-0.25, -0.2) is 0 Å². The molecule has 4 aliphatic heterocycles. The lowest BCUT2D eigenvalue weighted by molar-refractivity contribution is 0.0696. The van der Waals surface area contributed by atoms with Crippen molar-refractivity contribution in [1.29, 1.82) is 0 Å². The van der Waals surface area contributed by atoms with Gasteiger partial charge < -0.3 is 19.6 Å². The Labute approximate surface area is 297 Å². The molecule has 0 saturated heterocycles. The van der Waals surface area contributed by atoms with Crippen LogP contribution in [0, 0.1) is 13.8 Å². The maximum Gasteiger partial charge on any atom is 0.256 e. The molecule has 8 heteroatoms. The van der Waals surface area contributed by atoms with Gasteiger partial charge in [0.15, 0.2) is 0 Å². The number of aromatic hydroxyl groups is 1. The highest BCUT2D eigenvalue weighted by Gasteiger charge is 2.34. The van der Waals surface area contributed by atoms with Crippen LogP contribution in [0.4, 0.5) is 11.4 Å². The second kappa shape index (κ2) is 13.4. The number of fused-ring (bicyclic) bond motifs is 6. The van der Waals surface area contributed by atoms with Crippen molar-refractivity contribution in [3.8, 4) is 11.5 Å². The molecule has 254 valence electrons. The van der Waals surface area contributed by atoms with E-state index in [0.29, 0.717) is 47.8 Å². The normalized spacial score (nSPS) is 18.1. The number of aliphatic imine (C=N–C) groups is 2. The molecule has 0 fully saturated rings. The van der Waals surface area contributed by atoms with Gasteiger partial charge in [-0.05, 0) is 77.8 Å². The highest BCUT2D eigenvalue weighted by molar-refractivity contribution is 6.04. The molecular weight excluding hydrogens is 636 g/mol. The second-order valence-corrected chi connectivity index (χ2v) is 13.6. The van der Waals surface area contributed by atoms with E-state index < -0.39 is 0 Å². The largest absolute Gasteiger partial charge is 0.508 e. The van der Waals surface area contributed by atoms with Gasteiger partial charge in [0, 0.05) is 37.7 Å². The van der Waals surface area contributed by atoms with E-state index in [0.717, 1.165) is 29.7 Å². The van der Waals surface area contributed by atoms with Crippen molar-refractivity contribution in [3.63, 3.8) is 0 Å². The SMILES string of the molecule is Cc1cc2c(cc1O)N=C[C@@H]1Cc3ccccc3CN1C2=O.Cc1cc2c(cc1OCc1ccccc1)N=C[C@@H]1Cc3ccccc3CN1C2=O. The fourth-order valence-corrected chi connectivity index (χ4v) is 7.26. The molecule has 9 rings (SSSR count). The number of ether oxygens (including phenoxy) is 1. The molecule has 2 atom stereocenters. The molecule has 0 spiro atoms. The van der Waals surface area contributed by atoms with Gasteiger partial charge in [0.25, 0.3) is 11.8 Å². The van der Waals surface area contributed by atoms with Gasteiger partial charge in [-0.3, -0.25) is 19.6 Å². The van der Waals surface area contributed by atoms with Crippen LogP contribution in [0.5, 0.6) is 11.5 Å². The van der Waals surface area contributed by atoms with Crippen LogP contribution in [0.25, 0.3) is 0 Å². The minimum atomic E-state index is -0.0303. The third kappa shape index (κ3) is 6.29. The molecular formula is C43H38N4O4. The van der Waals surface area contributed by atoms with Crippen LogP contribution in [0.1, 0.15) is 59.7 Å². The standard InChI is InChI=1S/C25H22N2O2.C18H16N2O2/c1-17-11-22-23(13-24(17)29-16-18-7-3-2-4-8-18)26-14-21-12-19-9-5-6-10-20(19)15-27(21)25(22)28;1-11-6-15-16(8-17(11)21)19-9-14-7-12-4-2-3-5-13(12)10-20(14)18(15)22/h2-11,13-14,21H,12,15-16H2,1H3;2-6,8-9,14,21H,7,10H2,1H3/t21-;14-/m00/s1. The van der Waals surface area contributed by atoms with E-state index >= 15 is 0 Å². The number of phenols is 1. The van der Waals surface area contributed by atoms with Crippen molar-refractivity contribution < 1.29 is 19.4 Å². The van der Waals surface area contributed by atoms with Crippen molar-refractivity contribution in [2.24, 2.45) is 9.98 Å². The molecule has 0 unspecified atom stereocenters. The van der Waals surface area contributed by atoms with Gasteiger partial charge in [-0.15, -0.1) is 0 Å². The maximum absolute atomic E-state index is 13.3. The summed E-state index contributed by atoms with van der Waals surface area (Å²) in [7, 11) is 0. The summed E-state index contributed by atoms with van der Waals surface area (Å²) in [6, 6.07) is 33.7. The van der Waals surface area contributed by atoms with Crippen molar-refractivity contribution in [2.75, 3.05) is 0 Å². The van der Waals surface area contributed by atoms with Gasteiger partial charge in [-0.1, -0.05) is 78.9 Å². The van der Waals surface area contributed by atoms with Gasteiger partial charge in [-0.2, -0.15) is 0 Å². The number of amides is 2. The molecule has 0 aliphatic carbocycles. The molecule has 4 heterocycles. The molecule has 2 amide bonds. The van der Waals surface area contributed by atoms with Crippen LogP contribution in [0.15, 0.2) is 113 Å². The van der Waals surface area contributed by atoms with Crippen LogP contribution in [0.3, 0.4) is 0 Å². The van der Waals surface area contributed by atoms with E-state index in [2.05, 4.69) is 40.3 Å². The molecule has 5 aromatic carbocycles. The fourth-order valence-electron chi connectivity index (χ4n) is 7.26. The molecule has 5 aromatic rings. The number of phenolic OH excluding ortho intramolecular Hbond substituents is 1. The van der Waals surface area contributed by atoms with Gasteiger partial charge in [0.2, 0.25) is 0 Å². The van der Waals surface area contributed by atoms with Crippen molar-refractivity contribution >= 4 is 35.6 Å². The summed E-state index contributed by atoms with van der Waals surface area (Å²) in [6.45, 7) is 5.48. The zero-order valence-electron chi connectivity index (χ0n) is 28.6. The lowest BCUT2D eigenvalue weighted by atomic mass is 9.94. The van der Waals surface area contributed by atoms with Crippen molar-refractivity contribution in [3.05, 3.63) is 153 Å². The third-order valence-corrected chi connectivity index (χ3v) is 10.2. The Morgan fingerprint density at radius 2 is 1.14 bits per heavy atom. The summed E-state index contributed by atoms with van der Waals surface area (Å²) in [5.41, 5.74) is 10.2. The van der Waals surface area contributed by atoms with E-state index in [9.17, 15) is 14.7 Å². The number of hydrogen-bond donors (Lipinski definition) is 1. The highest BCUT2D eigenvalue weighted by atomic mass is 16.5. The summed E-state index contributed by atoms with van der Waals surface area (Å²) in [6.07, 6.45) is 5.32. The summed E-state index contributed by atoms with van der Waals surface area (Å²) in [4.78, 5) is 39.2. The van der Waals surface area contributed by atoms with E-state index in [1.807, 2.05) is 89.8 Å². The first-order valence-electron chi connectivity index (χ1n) is 17.3. The first-order chi connectivity index (χ1) is 24.8. The van der Waals surface area contributed by atoms with Gasteiger partial charge >= 0.3 is 0 Å². The lowest BCUT2D eigenvalue weighted by Crippen LogP contribution is -2.44. The quantitative estimate of drug-likeness (QED) is 0.211.